The van der Waals surface area contributed by atoms with Crippen LogP contribution in [0.25, 0.3) is 0 Å². The molecule has 0 bridgehead atoms. The Balaban J connectivity index is 1.82. The van der Waals surface area contributed by atoms with Crippen molar-refractivity contribution in [2.45, 2.75) is 24.7 Å². The van der Waals surface area contributed by atoms with Gasteiger partial charge in [-0.1, -0.05) is 48.9 Å². The number of ether oxygens (including phenoxy) is 1. The lowest BCUT2D eigenvalue weighted by Gasteiger charge is -2.25. The highest BCUT2D eigenvalue weighted by Gasteiger charge is 2.27. The Hall–Kier alpha value is -3.03. The molecule has 3 aromatic carbocycles. The fraction of sp³-hybridized carbons (Fsp3) is 0.240. The zero-order valence-corrected chi connectivity index (χ0v) is 20.1. The van der Waals surface area contributed by atoms with Gasteiger partial charge in [-0.15, -0.1) is 0 Å². The molecule has 3 aromatic rings. The van der Waals surface area contributed by atoms with E-state index in [1.54, 1.807) is 24.3 Å². The molecule has 174 valence electrons. The van der Waals surface area contributed by atoms with E-state index in [1.807, 2.05) is 44.2 Å². The summed E-state index contributed by atoms with van der Waals surface area (Å²) in [4.78, 5) is 12.8. The fourth-order valence-corrected chi connectivity index (χ4v) is 4.82. The molecule has 0 spiro atoms. The van der Waals surface area contributed by atoms with Crippen molar-refractivity contribution in [2.75, 3.05) is 24.0 Å². The molecule has 0 saturated carbocycles. The topological polar surface area (TPSA) is 75.7 Å². The lowest BCUT2D eigenvalue weighted by Crippen LogP contribution is -2.41. The van der Waals surface area contributed by atoms with Crippen molar-refractivity contribution < 1.29 is 17.9 Å². The third-order valence-corrected chi connectivity index (χ3v) is 7.14. The van der Waals surface area contributed by atoms with Gasteiger partial charge in [0.25, 0.3) is 10.0 Å². The second-order valence-electron chi connectivity index (χ2n) is 7.51. The predicted molar refractivity (Wildman–Crippen MR) is 131 cm³/mol. The summed E-state index contributed by atoms with van der Waals surface area (Å²) in [5.41, 5.74) is 1.45. The Morgan fingerprint density at radius 2 is 1.64 bits per heavy atom. The Labute approximate surface area is 200 Å². The van der Waals surface area contributed by atoms with E-state index in [-0.39, 0.29) is 17.4 Å². The number of sulfonamides is 1. The van der Waals surface area contributed by atoms with Gasteiger partial charge in [0.2, 0.25) is 5.91 Å². The standard InChI is InChI=1S/C25H27ClN2O4S/c1-3-32-23-13-11-22(12-14-23)28(33(30,31)24-15-9-21(26)10-16-24)18-25(29)27-17-19(2)20-7-5-4-6-8-20/h4-16,19H,3,17-18H2,1-2H3,(H,27,29)/t19-/m1/s1. The zero-order chi connectivity index (χ0) is 23.8. The molecule has 0 saturated heterocycles. The number of rotatable bonds is 10. The number of hydrogen-bond donors (Lipinski definition) is 1. The van der Waals surface area contributed by atoms with Crippen LogP contribution in [0.4, 0.5) is 5.69 Å². The van der Waals surface area contributed by atoms with Crippen LogP contribution < -0.4 is 14.4 Å². The zero-order valence-electron chi connectivity index (χ0n) is 18.6. The lowest BCUT2D eigenvalue weighted by atomic mass is 10.0. The van der Waals surface area contributed by atoms with E-state index in [2.05, 4.69) is 5.32 Å². The molecule has 1 atom stereocenters. The molecule has 1 N–H and O–H groups in total. The highest BCUT2D eigenvalue weighted by atomic mass is 35.5. The van der Waals surface area contributed by atoms with Gasteiger partial charge in [-0.05, 0) is 66.9 Å². The highest BCUT2D eigenvalue weighted by molar-refractivity contribution is 7.92. The van der Waals surface area contributed by atoms with Gasteiger partial charge < -0.3 is 10.1 Å². The summed E-state index contributed by atoms with van der Waals surface area (Å²) in [5.74, 6) is 0.303. The average molecular weight is 487 g/mol. The number of hydrogen-bond acceptors (Lipinski definition) is 4. The van der Waals surface area contributed by atoms with Crippen LogP contribution in [0.1, 0.15) is 25.3 Å². The van der Waals surface area contributed by atoms with Crippen molar-refractivity contribution in [3.05, 3.63) is 89.4 Å². The third kappa shape index (κ3) is 6.49. The molecule has 0 radical (unpaired) electrons. The summed E-state index contributed by atoms with van der Waals surface area (Å²) in [6.45, 7) is 4.39. The molecule has 0 heterocycles. The van der Waals surface area contributed by atoms with Crippen LogP contribution in [-0.4, -0.2) is 34.0 Å². The van der Waals surface area contributed by atoms with Gasteiger partial charge in [0.05, 0.1) is 17.2 Å². The van der Waals surface area contributed by atoms with Crippen LogP contribution in [0, 0.1) is 0 Å². The van der Waals surface area contributed by atoms with Gasteiger partial charge >= 0.3 is 0 Å². The summed E-state index contributed by atoms with van der Waals surface area (Å²) in [6.07, 6.45) is 0. The first-order valence-electron chi connectivity index (χ1n) is 10.6. The normalized spacial score (nSPS) is 12.1. The Morgan fingerprint density at radius 1 is 1.00 bits per heavy atom. The molecule has 0 aliphatic rings. The summed E-state index contributed by atoms with van der Waals surface area (Å²) in [5, 5.41) is 3.28. The molecule has 8 heteroatoms. The van der Waals surface area contributed by atoms with E-state index in [9.17, 15) is 13.2 Å². The molecule has 1 amide bonds. The van der Waals surface area contributed by atoms with Crippen LogP contribution >= 0.6 is 11.6 Å². The Kier molecular flexibility index (Phi) is 8.36. The number of anilines is 1. The molecular weight excluding hydrogens is 460 g/mol. The maximum Gasteiger partial charge on any atom is 0.264 e. The van der Waals surface area contributed by atoms with Gasteiger partial charge in [0.1, 0.15) is 12.3 Å². The summed E-state index contributed by atoms with van der Waals surface area (Å²) in [6, 6.07) is 22.3. The second-order valence-corrected chi connectivity index (χ2v) is 9.81. The second kappa shape index (κ2) is 11.2. The van der Waals surface area contributed by atoms with E-state index < -0.39 is 15.9 Å². The maximum atomic E-state index is 13.4. The summed E-state index contributed by atoms with van der Waals surface area (Å²) in [7, 11) is -4.01. The van der Waals surface area contributed by atoms with Gasteiger partial charge in [0, 0.05) is 11.6 Å². The summed E-state index contributed by atoms with van der Waals surface area (Å²) >= 11 is 5.92. The van der Waals surface area contributed by atoms with E-state index >= 15 is 0 Å². The van der Waals surface area contributed by atoms with Crippen LogP contribution in [0.15, 0.2) is 83.8 Å². The van der Waals surface area contributed by atoms with Crippen LogP contribution in [0.2, 0.25) is 5.02 Å². The minimum Gasteiger partial charge on any atom is -0.494 e. The molecule has 0 aliphatic carbocycles. The quantitative estimate of drug-likeness (QED) is 0.444. The first kappa shape index (κ1) is 24.6. The van der Waals surface area contributed by atoms with Crippen molar-refractivity contribution in [2.24, 2.45) is 0 Å². The van der Waals surface area contributed by atoms with Crippen LogP contribution in [-0.2, 0) is 14.8 Å². The van der Waals surface area contributed by atoms with E-state index in [4.69, 9.17) is 16.3 Å². The van der Waals surface area contributed by atoms with Gasteiger partial charge in [0.15, 0.2) is 0 Å². The van der Waals surface area contributed by atoms with Crippen molar-refractivity contribution in [3.63, 3.8) is 0 Å². The molecule has 0 unspecified atom stereocenters. The number of amides is 1. The van der Waals surface area contributed by atoms with Crippen molar-refractivity contribution in [3.8, 4) is 5.75 Å². The minimum atomic E-state index is -4.01. The third-order valence-electron chi connectivity index (χ3n) is 5.10. The molecule has 0 aliphatic heterocycles. The lowest BCUT2D eigenvalue weighted by molar-refractivity contribution is -0.119. The molecule has 3 rings (SSSR count). The Bertz CT molecular complexity index is 1150. The van der Waals surface area contributed by atoms with Crippen molar-refractivity contribution in [1.82, 2.24) is 5.32 Å². The largest absolute Gasteiger partial charge is 0.494 e. The van der Waals surface area contributed by atoms with Crippen LogP contribution in [0.5, 0.6) is 5.75 Å². The Morgan fingerprint density at radius 3 is 2.24 bits per heavy atom. The van der Waals surface area contributed by atoms with E-state index in [0.29, 0.717) is 29.6 Å². The molecular formula is C25H27ClN2O4S. The minimum absolute atomic E-state index is 0.0474. The van der Waals surface area contributed by atoms with Gasteiger partial charge in [-0.25, -0.2) is 8.42 Å². The van der Waals surface area contributed by atoms with Crippen LogP contribution in [0.3, 0.4) is 0 Å². The first-order valence-corrected chi connectivity index (χ1v) is 12.5. The predicted octanol–water partition coefficient (Wildman–Crippen LogP) is 4.85. The SMILES string of the molecule is CCOc1ccc(N(CC(=O)NC[C@@H](C)c2ccccc2)S(=O)(=O)c2ccc(Cl)cc2)cc1. The van der Waals surface area contributed by atoms with Gasteiger partial charge in [-0.3, -0.25) is 9.10 Å². The van der Waals surface area contributed by atoms with Crippen molar-refractivity contribution >= 4 is 33.2 Å². The number of carbonyl (C=O) groups is 1. The molecule has 0 aromatic heterocycles. The number of benzene rings is 3. The highest BCUT2D eigenvalue weighted by Crippen LogP contribution is 2.26. The number of carbonyl (C=O) groups excluding carboxylic acids is 1. The first-order chi connectivity index (χ1) is 15.8. The average Bonchev–Trinajstić information content (AvgIpc) is 2.82. The molecule has 33 heavy (non-hydrogen) atoms. The maximum absolute atomic E-state index is 13.4. The summed E-state index contributed by atoms with van der Waals surface area (Å²) < 4.78 is 33.4. The fourth-order valence-electron chi connectivity index (χ4n) is 3.28. The molecule has 0 fully saturated rings. The van der Waals surface area contributed by atoms with Gasteiger partial charge in [-0.2, -0.15) is 0 Å². The van der Waals surface area contributed by atoms with E-state index in [0.717, 1.165) is 9.87 Å². The number of nitrogens with zero attached hydrogens (tertiary/aromatic N) is 1. The molecule has 6 nitrogen and oxygen atoms in total. The number of nitrogens with one attached hydrogen (secondary N) is 1. The smallest absolute Gasteiger partial charge is 0.264 e. The van der Waals surface area contributed by atoms with Crippen molar-refractivity contribution in [1.29, 1.82) is 0 Å². The number of halogens is 1. The van der Waals surface area contributed by atoms with E-state index in [1.165, 1.54) is 24.3 Å². The monoisotopic (exact) mass is 486 g/mol.